The van der Waals surface area contributed by atoms with Crippen LogP contribution in [0.15, 0.2) is 24.3 Å². The largest absolute Gasteiger partial charge is 0.484 e. The minimum absolute atomic E-state index is 0. The first-order valence-corrected chi connectivity index (χ1v) is 8.16. The molecule has 0 spiro atoms. The third kappa shape index (κ3) is 6.76. The van der Waals surface area contributed by atoms with E-state index in [0.717, 1.165) is 31.5 Å². The van der Waals surface area contributed by atoms with E-state index < -0.39 is 0 Å². The molecule has 0 aromatic heterocycles. The van der Waals surface area contributed by atoms with Gasteiger partial charge >= 0.3 is 0 Å². The van der Waals surface area contributed by atoms with Crippen LogP contribution in [0, 0.1) is 5.92 Å². The highest BCUT2D eigenvalue weighted by Crippen LogP contribution is 2.14. The van der Waals surface area contributed by atoms with Gasteiger partial charge in [-0.05, 0) is 44.0 Å². The minimum atomic E-state index is -0.143. The van der Waals surface area contributed by atoms with Crippen LogP contribution in [0.5, 0.6) is 5.75 Å². The molecular weight excluding hydrogens is 330 g/mol. The Kier molecular flexibility index (Phi) is 9.19. The summed E-state index contributed by atoms with van der Waals surface area (Å²) < 4.78 is 5.45. The normalized spacial score (nSPS) is 16.6. The molecule has 0 bridgehead atoms. The number of likely N-dealkylation sites (N-methyl/N-ethyl adjacent to an activating group) is 1. The van der Waals surface area contributed by atoms with Crippen LogP contribution in [0.2, 0.25) is 0 Å². The van der Waals surface area contributed by atoms with Crippen LogP contribution in [0.4, 0.5) is 0 Å². The van der Waals surface area contributed by atoms with Crippen molar-refractivity contribution in [1.82, 2.24) is 16.0 Å². The third-order valence-electron chi connectivity index (χ3n) is 3.78. The highest BCUT2D eigenvalue weighted by Gasteiger charge is 2.20. The van der Waals surface area contributed by atoms with E-state index >= 15 is 0 Å². The Morgan fingerprint density at radius 1 is 1.33 bits per heavy atom. The summed E-state index contributed by atoms with van der Waals surface area (Å²) in [6.45, 7) is 4.66. The van der Waals surface area contributed by atoms with E-state index in [1.54, 1.807) is 6.07 Å². The molecule has 1 heterocycles. The van der Waals surface area contributed by atoms with Gasteiger partial charge < -0.3 is 20.7 Å². The average Bonchev–Trinajstić information content (AvgIpc) is 2.59. The predicted octanol–water partition coefficient (Wildman–Crippen LogP) is 1.24. The van der Waals surface area contributed by atoms with Gasteiger partial charge in [0.25, 0.3) is 5.91 Å². The number of carbonyl (C=O) groups excluding carboxylic acids is 2. The molecular formula is C17H26ClN3O3. The van der Waals surface area contributed by atoms with Crippen LogP contribution in [0.3, 0.4) is 0 Å². The molecule has 7 heteroatoms. The molecule has 134 valence electrons. The van der Waals surface area contributed by atoms with E-state index in [4.69, 9.17) is 4.74 Å². The summed E-state index contributed by atoms with van der Waals surface area (Å²) in [5.41, 5.74) is 0.954. The fourth-order valence-electron chi connectivity index (χ4n) is 2.55. The fourth-order valence-corrected chi connectivity index (χ4v) is 2.55. The van der Waals surface area contributed by atoms with E-state index in [1.165, 1.54) is 0 Å². The molecule has 1 aliphatic heterocycles. The number of piperidine rings is 1. The van der Waals surface area contributed by atoms with Crippen molar-refractivity contribution < 1.29 is 14.3 Å². The Hall–Kier alpha value is -1.79. The van der Waals surface area contributed by atoms with Crippen molar-refractivity contribution in [3.05, 3.63) is 29.8 Å². The molecule has 1 aromatic rings. The molecule has 3 N–H and O–H groups in total. The summed E-state index contributed by atoms with van der Waals surface area (Å²) >= 11 is 0. The Morgan fingerprint density at radius 2 is 2.17 bits per heavy atom. The van der Waals surface area contributed by atoms with Crippen molar-refractivity contribution in [3.8, 4) is 5.75 Å². The summed E-state index contributed by atoms with van der Waals surface area (Å²) in [7, 11) is 0. The quantitative estimate of drug-likeness (QED) is 0.687. The second kappa shape index (κ2) is 10.9. The highest BCUT2D eigenvalue weighted by molar-refractivity contribution is 5.85. The summed E-state index contributed by atoms with van der Waals surface area (Å²) in [6.07, 6.45) is 1.98. The van der Waals surface area contributed by atoms with Crippen molar-refractivity contribution in [3.63, 3.8) is 0 Å². The molecule has 1 aromatic carbocycles. The van der Waals surface area contributed by atoms with Gasteiger partial charge in [0.1, 0.15) is 5.75 Å². The topological polar surface area (TPSA) is 79.5 Å². The Labute approximate surface area is 149 Å². The number of halogens is 1. The first kappa shape index (κ1) is 20.3. The van der Waals surface area contributed by atoms with Crippen LogP contribution in [0.25, 0.3) is 0 Å². The van der Waals surface area contributed by atoms with Crippen LogP contribution in [-0.4, -0.2) is 38.1 Å². The minimum Gasteiger partial charge on any atom is -0.484 e. The van der Waals surface area contributed by atoms with Crippen molar-refractivity contribution in [2.75, 3.05) is 26.2 Å². The molecule has 24 heavy (non-hydrogen) atoms. The van der Waals surface area contributed by atoms with Gasteiger partial charge in [0, 0.05) is 19.6 Å². The number of hydrogen-bond acceptors (Lipinski definition) is 4. The molecule has 0 aliphatic carbocycles. The zero-order valence-corrected chi connectivity index (χ0v) is 14.8. The van der Waals surface area contributed by atoms with Gasteiger partial charge in [0.05, 0.1) is 5.92 Å². The second-order valence-corrected chi connectivity index (χ2v) is 5.65. The van der Waals surface area contributed by atoms with Crippen LogP contribution in [0.1, 0.15) is 25.3 Å². The number of ether oxygens (including phenoxy) is 1. The number of carbonyl (C=O) groups is 2. The monoisotopic (exact) mass is 355 g/mol. The zero-order chi connectivity index (χ0) is 16.5. The number of amides is 2. The molecule has 0 saturated carbocycles. The summed E-state index contributed by atoms with van der Waals surface area (Å²) in [6, 6.07) is 7.43. The van der Waals surface area contributed by atoms with Gasteiger partial charge in [-0.3, -0.25) is 9.59 Å². The summed E-state index contributed by atoms with van der Waals surface area (Å²) in [5, 5.41) is 8.89. The lowest BCUT2D eigenvalue weighted by atomic mass is 9.99. The first-order chi connectivity index (χ1) is 11.2. The molecule has 0 radical (unpaired) electrons. The number of benzene rings is 1. The lowest BCUT2D eigenvalue weighted by Gasteiger charge is -2.21. The van der Waals surface area contributed by atoms with E-state index in [2.05, 4.69) is 16.0 Å². The molecule has 1 unspecified atom stereocenters. The van der Waals surface area contributed by atoms with Crippen LogP contribution >= 0.6 is 12.4 Å². The van der Waals surface area contributed by atoms with Crippen LogP contribution in [-0.2, 0) is 16.1 Å². The van der Waals surface area contributed by atoms with Gasteiger partial charge in [-0.25, -0.2) is 0 Å². The average molecular weight is 356 g/mol. The fraction of sp³-hybridized carbons (Fsp3) is 0.529. The number of rotatable bonds is 7. The van der Waals surface area contributed by atoms with Crippen LogP contribution < -0.4 is 20.7 Å². The van der Waals surface area contributed by atoms with E-state index in [-0.39, 0.29) is 36.7 Å². The third-order valence-corrected chi connectivity index (χ3v) is 3.78. The molecule has 1 aliphatic rings. The van der Waals surface area contributed by atoms with E-state index in [1.807, 2.05) is 25.1 Å². The van der Waals surface area contributed by atoms with Crippen molar-refractivity contribution in [2.24, 2.45) is 5.92 Å². The molecule has 2 rings (SSSR count). The number of hydrogen-bond donors (Lipinski definition) is 3. The lowest BCUT2D eigenvalue weighted by molar-refractivity contribution is -0.125. The molecule has 1 atom stereocenters. The Bertz CT molecular complexity index is 534. The highest BCUT2D eigenvalue weighted by atomic mass is 35.5. The van der Waals surface area contributed by atoms with Gasteiger partial charge in [0.2, 0.25) is 5.91 Å². The SMILES string of the molecule is CCNC(=O)COc1cccc(CNC(=O)C2CCCNC2)c1.Cl. The standard InChI is InChI=1S/C17H25N3O3.ClH/c1-2-19-16(21)12-23-15-7-3-5-13(9-15)10-20-17(22)14-6-4-8-18-11-14;/h3,5,7,9,14,18H,2,4,6,8,10-12H2,1H3,(H,19,21)(H,20,22);1H. The van der Waals surface area contributed by atoms with Gasteiger partial charge in [-0.15, -0.1) is 12.4 Å². The zero-order valence-electron chi connectivity index (χ0n) is 14.0. The molecule has 1 saturated heterocycles. The molecule has 6 nitrogen and oxygen atoms in total. The molecule has 2 amide bonds. The maximum Gasteiger partial charge on any atom is 0.257 e. The Morgan fingerprint density at radius 3 is 2.88 bits per heavy atom. The maximum absolute atomic E-state index is 12.1. The Balaban J connectivity index is 0.00000288. The van der Waals surface area contributed by atoms with Crippen molar-refractivity contribution in [2.45, 2.75) is 26.3 Å². The van der Waals surface area contributed by atoms with E-state index in [9.17, 15) is 9.59 Å². The lowest BCUT2D eigenvalue weighted by Crippen LogP contribution is -2.40. The number of nitrogens with one attached hydrogen (secondary N) is 3. The van der Waals surface area contributed by atoms with Gasteiger partial charge in [-0.1, -0.05) is 12.1 Å². The van der Waals surface area contributed by atoms with Crippen molar-refractivity contribution in [1.29, 1.82) is 0 Å². The summed E-state index contributed by atoms with van der Waals surface area (Å²) in [4.78, 5) is 23.5. The first-order valence-electron chi connectivity index (χ1n) is 8.16. The summed E-state index contributed by atoms with van der Waals surface area (Å²) in [5.74, 6) is 0.630. The second-order valence-electron chi connectivity index (χ2n) is 5.65. The van der Waals surface area contributed by atoms with Gasteiger partial charge in [-0.2, -0.15) is 0 Å². The van der Waals surface area contributed by atoms with Gasteiger partial charge in [0.15, 0.2) is 6.61 Å². The van der Waals surface area contributed by atoms with E-state index in [0.29, 0.717) is 18.8 Å². The predicted molar refractivity (Wildman–Crippen MR) is 95.3 cm³/mol. The molecule has 1 fully saturated rings. The van der Waals surface area contributed by atoms with Crippen molar-refractivity contribution >= 4 is 24.2 Å². The smallest absolute Gasteiger partial charge is 0.257 e. The maximum atomic E-state index is 12.1.